The maximum absolute atomic E-state index is 5.83. The molecule has 2 rings (SSSR count). The van der Waals surface area contributed by atoms with Crippen LogP contribution in [0.25, 0.3) is 11.3 Å². The highest BCUT2D eigenvalue weighted by Gasteiger charge is 2.04. The molecule has 2 aromatic rings. The molecule has 0 amide bonds. The average Bonchev–Trinajstić information content (AvgIpc) is 2.88. The van der Waals surface area contributed by atoms with Crippen LogP contribution in [-0.4, -0.2) is 6.54 Å². The van der Waals surface area contributed by atoms with Gasteiger partial charge in [-0.2, -0.15) is 0 Å². The Hall–Kier alpha value is -1.54. The summed E-state index contributed by atoms with van der Waals surface area (Å²) in [5.41, 5.74) is 2.50. The zero-order chi connectivity index (χ0) is 12.8. The molecule has 0 aliphatic rings. The van der Waals surface area contributed by atoms with E-state index in [2.05, 4.69) is 43.4 Å². The van der Waals surface area contributed by atoms with Crippen LogP contribution in [-0.2, 0) is 13.0 Å². The lowest BCUT2D eigenvalue weighted by atomic mass is 10.1. The SMILES string of the molecule is CCCNCc1ccc(-c2ccc(CC)cc2)o1. The number of hydrogen-bond donors (Lipinski definition) is 1. The molecule has 0 aliphatic heterocycles. The van der Waals surface area contributed by atoms with Crippen molar-refractivity contribution in [3.05, 3.63) is 47.7 Å². The molecule has 0 atom stereocenters. The van der Waals surface area contributed by atoms with Gasteiger partial charge in [0.05, 0.1) is 6.54 Å². The van der Waals surface area contributed by atoms with Crippen molar-refractivity contribution in [3.63, 3.8) is 0 Å². The van der Waals surface area contributed by atoms with Crippen molar-refractivity contribution in [1.82, 2.24) is 5.32 Å². The monoisotopic (exact) mass is 243 g/mol. The fourth-order valence-electron chi connectivity index (χ4n) is 1.92. The predicted molar refractivity (Wildman–Crippen MR) is 75.5 cm³/mol. The average molecular weight is 243 g/mol. The van der Waals surface area contributed by atoms with Crippen LogP contribution < -0.4 is 5.32 Å². The molecule has 0 radical (unpaired) electrons. The zero-order valence-electron chi connectivity index (χ0n) is 11.2. The lowest BCUT2D eigenvalue weighted by molar-refractivity contribution is 0.493. The summed E-state index contributed by atoms with van der Waals surface area (Å²) in [7, 11) is 0. The molecule has 0 unspecified atom stereocenters. The van der Waals surface area contributed by atoms with Crippen LogP contribution in [0.4, 0.5) is 0 Å². The Morgan fingerprint density at radius 1 is 1.00 bits per heavy atom. The molecule has 2 nitrogen and oxygen atoms in total. The molecule has 0 saturated heterocycles. The van der Waals surface area contributed by atoms with Crippen molar-refractivity contribution >= 4 is 0 Å². The van der Waals surface area contributed by atoms with Crippen molar-refractivity contribution in [2.24, 2.45) is 0 Å². The summed E-state index contributed by atoms with van der Waals surface area (Å²) >= 11 is 0. The van der Waals surface area contributed by atoms with E-state index in [0.717, 1.165) is 43.0 Å². The first-order valence-corrected chi connectivity index (χ1v) is 6.72. The minimum Gasteiger partial charge on any atom is -0.460 e. The molecule has 1 heterocycles. The number of nitrogens with one attached hydrogen (secondary N) is 1. The Balaban J connectivity index is 2.04. The second-order valence-corrected chi connectivity index (χ2v) is 4.49. The summed E-state index contributed by atoms with van der Waals surface area (Å²) < 4.78 is 5.83. The molecule has 2 heteroatoms. The molecule has 0 fully saturated rings. The van der Waals surface area contributed by atoms with Gasteiger partial charge in [0, 0.05) is 5.56 Å². The van der Waals surface area contributed by atoms with Crippen LogP contribution in [0.15, 0.2) is 40.8 Å². The van der Waals surface area contributed by atoms with Crippen molar-refractivity contribution in [1.29, 1.82) is 0 Å². The molecular formula is C16H21NO. The Morgan fingerprint density at radius 2 is 1.78 bits per heavy atom. The molecule has 0 spiro atoms. The normalized spacial score (nSPS) is 10.8. The molecule has 1 aromatic heterocycles. The van der Waals surface area contributed by atoms with Gasteiger partial charge in [0.1, 0.15) is 11.5 Å². The summed E-state index contributed by atoms with van der Waals surface area (Å²) in [5.74, 6) is 1.95. The topological polar surface area (TPSA) is 25.2 Å². The van der Waals surface area contributed by atoms with Crippen LogP contribution in [0, 0.1) is 0 Å². The third-order valence-electron chi connectivity index (χ3n) is 3.03. The van der Waals surface area contributed by atoms with Crippen molar-refractivity contribution < 1.29 is 4.42 Å². The number of rotatable bonds is 6. The number of benzene rings is 1. The van der Waals surface area contributed by atoms with Gasteiger partial charge in [-0.25, -0.2) is 0 Å². The van der Waals surface area contributed by atoms with E-state index >= 15 is 0 Å². The second-order valence-electron chi connectivity index (χ2n) is 4.49. The van der Waals surface area contributed by atoms with Crippen LogP contribution in [0.1, 0.15) is 31.6 Å². The van der Waals surface area contributed by atoms with E-state index in [9.17, 15) is 0 Å². The molecular weight excluding hydrogens is 222 g/mol. The maximum Gasteiger partial charge on any atom is 0.134 e. The molecule has 1 aromatic carbocycles. The number of aryl methyl sites for hydroxylation is 1. The Bertz CT molecular complexity index is 470. The van der Waals surface area contributed by atoms with E-state index in [1.54, 1.807) is 0 Å². The third kappa shape index (κ3) is 3.23. The van der Waals surface area contributed by atoms with E-state index in [4.69, 9.17) is 4.42 Å². The summed E-state index contributed by atoms with van der Waals surface area (Å²) in [4.78, 5) is 0. The number of hydrogen-bond acceptors (Lipinski definition) is 2. The Kier molecular flexibility index (Phi) is 4.59. The highest BCUT2D eigenvalue weighted by molar-refractivity contribution is 5.57. The van der Waals surface area contributed by atoms with Gasteiger partial charge in [-0.05, 0) is 37.1 Å². The zero-order valence-corrected chi connectivity index (χ0v) is 11.2. The molecule has 0 saturated carbocycles. The van der Waals surface area contributed by atoms with Crippen molar-refractivity contribution in [2.45, 2.75) is 33.2 Å². The van der Waals surface area contributed by atoms with Gasteiger partial charge in [-0.1, -0.05) is 38.1 Å². The van der Waals surface area contributed by atoms with Gasteiger partial charge in [-0.3, -0.25) is 0 Å². The van der Waals surface area contributed by atoms with Gasteiger partial charge >= 0.3 is 0 Å². The van der Waals surface area contributed by atoms with Crippen LogP contribution in [0.3, 0.4) is 0 Å². The van der Waals surface area contributed by atoms with Gasteiger partial charge in [0.2, 0.25) is 0 Å². The van der Waals surface area contributed by atoms with Crippen LogP contribution >= 0.6 is 0 Å². The first-order valence-electron chi connectivity index (χ1n) is 6.72. The highest BCUT2D eigenvalue weighted by atomic mass is 16.3. The quantitative estimate of drug-likeness (QED) is 0.775. The van der Waals surface area contributed by atoms with Gasteiger partial charge in [0.25, 0.3) is 0 Å². The van der Waals surface area contributed by atoms with E-state index in [1.807, 2.05) is 12.1 Å². The molecule has 96 valence electrons. The van der Waals surface area contributed by atoms with Crippen LogP contribution in [0.5, 0.6) is 0 Å². The summed E-state index contributed by atoms with van der Waals surface area (Å²) in [6.45, 7) is 6.16. The standard InChI is InChI=1S/C16H21NO/c1-3-11-17-12-15-9-10-16(18-15)14-7-5-13(4-2)6-8-14/h5-10,17H,3-4,11-12H2,1-2H3. The lowest BCUT2D eigenvalue weighted by Gasteiger charge is -2.01. The van der Waals surface area contributed by atoms with Crippen molar-refractivity contribution in [3.8, 4) is 11.3 Å². The Morgan fingerprint density at radius 3 is 2.44 bits per heavy atom. The van der Waals surface area contributed by atoms with Crippen LogP contribution in [0.2, 0.25) is 0 Å². The second kappa shape index (κ2) is 6.41. The first-order chi connectivity index (χ1) is 8.83. The molecule has 1 N–H and O–H groups in total. The smallest absolute Gasteiger partial charge is 0.134 e. The van der Waals surface area contributed by atoms with Gasteiger partial charge in [-0.15, -0.1) is 0 Å². The van der Waals surface area contributed by atoms with E-state index in [-0.39, 0.29) is 0 Å². The highest BCUT2D eigenvalue weighted by Crippen LogP contribution is 2.22. The van der Waals surface area contributed by atoms with E-state index in [1.165, 1.54) is 5.56 Å². The summed E-state index contributed by atoms with van der Waals surface area (Å²) in [5, 5.41) is 3.34. The largest absolute Gasteiger partial charge is 0.460 e. The molecule has 18 heavy (non-hydrogen) atoms. The van der Waals surface area contributed by atoms with Crippen molar-refractivity contribution in [2.75, 3.05) is 6.54 Å². The fourth-order valence-corrected chi connectivity index (χ4v) is 1.92. The summed E-state index contributed by atoms with van der Waals surface area (Å²) in [6.07, 6.45) is 2.22. The third-order valence-corrected chi connectivity index (χ3v) is 3.03. The molecule has 0 aliphatic carbocycles. The number of furan rings is 1. The molecule has 0 bridgehead atoms. The van der Waals surface area contributed by atoms with E-state index in [0.29, 0.717) is 0 Å². The maximum atomic E-state index is 5.83. The first kappa shape index (κ1) is 12.9. The summed E-state index contributed by atoms with van der Waals surface area (Å²) in [6, 6.07) is 12.7. The lowest BCUT2D eigenvalue weighted by Crippen LogP contribution is -2.12. The predicted octanol–water partition coefficient (Wildman–Crippen LogP) is 4.01. The fraction of sp³-hybridized carbons (Fsp3) is 0.375. The minimum absolute atomic E-state index is 0.806. The van der Waals surface area contributed by atoms with E-state index < -0.39 is 0 Å². The van der Waals surface area contributed by atoms with Gasteiger partial charge in [0.15, 0.2) is 0 Å². The van der Waals surface area contributed by atoms with Gasteiger partial charge < -0.3 is 9.73 Å². The minimum atomic E-state index is 0.806. The Labute approximate surface area is 109 Å².